The molecule has 2 aromatic rings. The molecule has 2 heterocycles. The Labute approximate surface area is 126 Å². The summed E-state index contributed by atoms with van der Waals surface area (Å²) in [5.74, 6) is 1.02. The van der Waals surface area contributed by atoms with E-state index in [0.29, 0.717) is 0 Å². The minimum absolute atomic E-state index is 0.870. The Bertz CT molecular complexity index is 553. The van der Waals surface area contributed by atoms with E-state index in [-0.39, 0.29) is 0 Å². The smallest absolute Gasteiger partial charge is 0.129 e. The molecule has 2 rings (SSSR count). The fraction of sp³-hybridized carbons (Fsp3) is 0.357. The van der Waals surface area contributed by atoms with Crippen molar-refractivity contribution in [2.24, 2.45) is 0 Å². The third kappa shape index (κ3) is 4.03. The Morgan fingerprint density at radius 1 is 1.37 bits per heavy atom. The summed E-state index contributed by atoms with van der Waals surface area (Å²) in [6.07, 6.45) is 0. The molecule has 0 aliphatic rings. The molecule has 0 aliphatic carbocycles. The predicted octanol–water partition coefficient (Wildman–Crippen LogP) is 3.57. The van der Waals surface area contributed by atoms with Crippen molar-refractivity contribution in [3.8, 4) is 0 Å². The van der Waals surface area contributed by atoms with Crippen molar-refractivity contribution >= 4 is 33.1 Å². The second-order valence-corrected chi connectivity index (χ2v) is 6.50. The van der Waals surface area contributed by atoms with E-state index < -0.39 is 0 Å². The molecule has 0 atom stereocenters. The maximum atomic E-state index is 4.61. The molecule has 5 heteroatoms. The zero-order chi connectivity index (χ0) is 13.8. The molecule has 19 heavy (non-hydrogen) atoms. The summed E-state index contributed by atoms with van der Waals surface area (Å²) in [4.78, 5) is 8.12. The molecule has 0 radical (unpaired) electrons. The van der Waals surface area contributed by atoms with Crippen LogP contribution < -0.4 is 10.2 Å². The molecule has 0 unspecified atom stereocenters. The van der Waals surface area contributed by atoms with Crippen LogP contribution in [-0.4, -0.2) is 19.1 Å². The van der Waals surface area contributed by atoms with Crippen LogP contribution in [0.2, 0.25) is 0 Å². The molecule has 0 fully saturated rings. The van der Waals surface area contributed by atoms with E-state index in [0.717, 1.165) is 29.1 Å². The van der Waals surface area contributed by atoms with Crippen molar-refractivity contribution < 1.29 is 0 Å². The number of thiophene rings is 1. The normalized spacial score (nSPS) is 10.7. The first-order valence-electron chi connectivity index (χ1n) is 6.14. The molecule has 1 N–H and O–H groups in total. The maximum Gasteiger partial charge on any atom is 0.129 e. The van der Waals surface area contributed by atoms with Crippen LogP contribution in [0.25, 0.3) is 0 Å². The minimum atomic E-state index is 0.870. The second kappa shape index (κ2) is 6.50. The first-order chi connectivity index (χ1) is 9.08. The van der Waals surface area contributed by atoms with Crippen LogP contribution in [0.4, 0.5) is 5.82 Å². The highest BCUT2D eigenvalue weighted by Gasteiger charge is 2.07. The molecular formula is C14H18BrN3S. The summed E-state index contributed by atoms with van der Waals surface area (Å²) >= 11 is 5.25. The molecule has 0 aromatic carbocycles. The zero-order valence-corrected chi connectivity index (χ0v) is 13.8. The third-order valence-corrected chi connectivity index (χ3v) is 4.47. The lowest BCUT2D eigenvalue weighted by atomic mass is 10.2. The fourth-order valence-electron chi connectivity index (χ4n) is 1.97. The Kier molecular flexibility index (Phi) is 4.96. The van der Waals surface area contributed by atoms with Gasteiger partial charge < -0.3 is 10.2 Å². The Balaban J connectivity index is 2.15. The molecule has 0 amide bonds. The number of nitrogens with zero attached hydrogens (tertiary/aromatic N) is 2. The Hall–Kier alpha value is -0.910. The quantitative estimate of drug-likeness (QED) is 0.902. The number of aromatic nitrogens is 1. The minimum Gasteiger partial charge on any atom is -0.355 e. The molecule has 0 spiro atoms. The standard InChI is InChI=1S/C14H18BrN3S/c1-10-4-11(7-16-2)5-14(17-10)18(3)8-13-6-12(15)9-19-13/h4-6,9,16H,7-8H2,1-3H3. The van der Waals surface area contributed by atoms with Crippen LogP contribution in [0, 0.1) is 6.92 Å². The van der Waals surface area contributed by atoms with Crippen LogP contribution in [0.1, 0.15) is 16.1 Å². The summed E-state index contributed by atoms with van der Waals surface area (Å²) in [5.41, 5.74) is 2.33. The fourth-order valence-corrected chi connectivity index (χ4v) is 3.48. The van der Waals surface area contributed by atoms with E-state index in [1.54, 1.807) is 11.3 Å². The van der Waals surface area contributed by atoms with Gasteiger partial charge in [0.15, 0.2) is 0 Å². The first-order valence-corrected chi connectivity index (χ1v) is 7.82. The number of anilines is 1. The van der Waals surface area contributed by atoms with Gasteiger partial charge in [-0.3, -0.25) is 0 Å². The van der Waals surface area contributed by atoms with Gasteiger partial charge in [-0.15, -0.1) is 11.3 Å². The highest BCUT2D eigenvalue weighted by atomic mass is 79.9. The average molecular weight is 340 g/mol. The Morgan fingerprint density at radius 2 is 2.16 bits per heavy atom. The first kappa shape index (κ1) is 14.5. The van der Waals surface area contributed by atoms with Crippen molar-refractivity contribution in [3.05, 3.63) is 44.2 Å². The van der Waals surface area contributed by atoms with Crippen LogP contribution in [0.5, 0.6) is 0 Å². The number of rotatable bonds is 5. The number of hydrogen-bond acceptors (Lipinski definition) is 4. The second-order valence-electron chi connectivity index (χ2n) is 4.59. The van der Waals surface area contributed by atoms with E-state index in [1.807, 2.05) is 14.0 Å². The van der Waals surface area contributed by atoms with Crippen LogP contribution in [0.3, 0.4) is 0 Å². The van der Waals surface area contributed by atoms with Gasteiger partial charge in [-0.05, 0) is 53.7 Å². The van der Waals surface area contributed by atoms with Gasteiger partial charge in [0.1, 0.15) is 5.82 Å². The molecule has 0 saturated heterocycles. The average Bonchev–Trinajstić information content (AvgIpc) is 2.74. The van der Waals surface area contributed by atoms with E-state index in [4.69, 9.17) is 0 Å². The van der Waals surface area contributed by atoms with Gasteiger partial charge in [-0.25, -0.2) is 4.98 Å². The number of hydrogen-bond donors (Lipinski definition) is 1. The predicted molar refractivity (Wildman–Crippen MR) is 85.9 cm³/mol. The SMILES string of the molecule is CNCc1cc(C)nc(N(C)Cc2cc(Br)cs2)c1. The summed E-state index contributed by atoms with van der Waals surface area (Å²) < 4.78 is 1.15. The molecule has 2 aromatic heterocycles. The third-order valence-electron chi connectivity index (χ3n) is 2.79. The molecular weight excluding hydrogens is 322 g/mol. The van der Waals surface area contributed by atoms with Crippen LogP contribution >= 0.6 is 27.3 Å². The molecule has 0 saturated carbocycles. The number of aryl methyl sites for hydroxylation is 1. The molecule has 102 valence electrons. The monoisotopic (exact) mass is 339 g/mol. The summed E-state index contributed by atoms with van der Waals surface area (Å²) in [7, 11) is 4.04. The van der Waals surface area contributed by atoms with Crippen molar-refractivity contribution in [2.45, 2.75) is 20.0 Å². The number of pyridine rings is 1. The summed E-state index contributed by atoms with van der Waals surface area (Å²) in [5, 5.41) is 5.29. The highest BCUT2D eigenvalue weighted by Crippen LogP contribution is 2.23. The molecule has 3 nitrogen and oxygen atoms in total. The van der Waals surface area contributed by atoms with E-state index >= 15 is 0 Å². The number of halogens is 1. The van der Waals surface area contributed by atoms with Crippen molar-refractivity contribution in [1.29, 1.82) is 0 Å². The highest BCUT2D eigenvalue weighted by molar-refractivity contribution is 9.10. The lowest BCUT2D eigenvalue weighted by Crippen LogP contribution is -2.18. The summed E-state index contributed by atoms with van der Waals surface area (Å²) in [6, 6.07) is 6.42. The van der Waals surface area contributed by atoms with Crippen molar-refractivity contribution in [2.75, 3.05) is 19.0 Å². The van der Waals surface area contributed by atoms with Crippen LogP contribution in [-0.2, 0) is 13.1 Å². The van der Waals surface area contributed by atoms with Gasteiger partial charge in [0, 0.05) is 34.0 Å². The number of nitrogens with one attached hydrogen (secondary N) is 1. The van der Waals surface area contributed by atoms with Gasteiger partial charge in [0.05, 0.1) is 6.54 Å². The van der Waals surface area contributed by atoms with E-state index in [9.17, 15) is 0 Å². The van der Waals surface area contributed by atoms with Gasteiger partial charge in [-0.1, -0.05) is 0 Å². The molecule has 0 bridgehead atoms. The van der Waals surface area contributed by atoms with E-state index in [2.05, 4.69) is 61.8 Å². The topological polar surface area (TPSA) is 28.2 Å². The summed E-state index contributed by atoms with van der Waals surface area (Å²) in [6.45, 7) is 3.79. The van der Waals surface area contributed by atoms with Gasteiger partial charge in [0.2, 0.25) is 0 Å². The lowest BCUT2D eigenvalue weighted by Gasteiger charge is -2.18. The van der Waals surface area contributed by atoms with Gasteiger partial charge >= 0.3 is 0 Å². The Morgan fingerprint density at radius 3 is 2.79 bits per heavy atom. The lowest BCUT2D eigenvalue weighted by molar-refractivity contribution is 0.809. The van der Waals surface area contributed by atoms with Crippen LogP contribution in [0.15, 0.2) is 28.1 Å². The van der Waals surface area contributed by atoms with E-state index in [1.165, 1.54) is 10.4 Å². The largest absolute Gasteiger partial charge is 0.355 e. The maximum absolute atomic E-state index is 4.61. The van der Waals surface area contributed by atoms with Crippen molar-refractivity contribution in [1.82, 2.24) is 10.3 Å². The zero-order valence-electron chi connectivity index (χ0n) is 11.4. The molecule has 0 aliphatic heterocycles. The van der Waals surface area contributed by atoms with Gasteiger partial charge in [0.25, 0.3) is 0 Å². The van der Waals surface area contributed by atoms with Gasteiger partial charge in [-0.2, -0.15) is 0 Å². The van der Waals surface area contributed by atoms with Crippen molar-refractivity contribution in [3.63, 3.8) is 0 Å².